The Morgan fingerprint density at radius 1 is 0.929 bits per heavy atom. The van der Waals surface area contributed by atoms with Crippen LogP contribution in [0.25, 0.3) is 5.69 Å². The molecule has 1 aliphatic heterocycles. The highest BCUT2D eigenvalue weighted by molar-refractivity contribution is 6.34. The van der Waals surface area contributed by atoms with E-state index in [1.54, 1.807) is 12.1 Å². The van der Waals surface area contributed by atoms with Crippen molar-refractivity contribution >= 4 is 28.9 Å². The summed E-state index contributed by atoms with van der Waals surface area (Å²) in [4.78, 5) is 4.26. The van der Waals surface area contributed by atoms with Crippen molar-refractivity contribution in [1.29, 1.82) is 0 Å². The maximum atomic E-state index is 14.1. The lowest BCUT2D eigenvalue weighted by Gasteiger charge is -2.31. The van der Waals surface area contributed by atoms with Crippen LogP contribution in [0.3, 0.4) is 0 Å². The number of rotatable bonds is 3. The summed E-state index contributed by atoms with van der Waals surface area (Å²) in [6.07, 6.45) is -0.938. The van der Waals surface area contributed by atoms with E-state index in [4.69, 9.17) is 23.2 Å². The van der Waals surface area contributed by atoms with Crippen molar-refractivity contribution in [3.63, 3.8) is 0 Å². The van der Waals surface area contributed by atoms with Gasteiger partial charge in [0.05, 0.1) is 6.54 Å². The SMILES string of the molecule is FC(F)(F)C1(c2cc(Cl)cc(Cl)c2)CN=C(c2ccc(-n3cccc3)cc2)C1. The zero-order valence-corrected chi connectivity index (χ0v) is 16.1. The molecular weight excluding hydrogens is 408 g/mol. The Balaban J connectivity index is 1.67. The Morgan fingerprint density at radius 3 is 2.11 bits per heavy atom. The molecule has 1 aliphatic rings. The van der Waals surface area contributed by atoms with Crippen LogP contribution in [0, 0.1) is 0 Å². The standard InChI is InChI=1S/C21H15Cl2F3N2/c22-16-9-15(10-17(23)11-16)20(21(24,25)26)12-19(27-13-20)14-3-5-18(6-4-14)28-7-1-2-8-28/h1-11H,12-13H2. The first-order chi connectivity index (χ1) is 13.3. The smallest absolute Gasteiger partial charge is 0.324 e. The van der Waals surface area contributed by atoms with E-state index in [-0.39, 0.29) is 28.6 Å². The van der Waals surface area contributed by atoms with Crippen LogP contribution in [0.15, 0.2) is 72.0 Å². The minimum absolute atomic E-state index is 0.0419. The van der Waals surface area contributed by atoms with Crippen LogP contribution < -0.4 is 0 Å². The highest BCUT2D eigenvalue weighted by Crippen LogP contribution is 2.48. The fourth-order valence-electron chi connectivity index (χ4n) is 3.53. The molecule has 0 saturated carbocycles. The topological polar surface area (TPSA) is 17.3 Å². The van der Waals surface area contributed by atoms with E-state index in [2.05, 4.69) is 4.99 Å². The van der Waals surface area contributed by atoms with Gasteiger partial charge in [-0.3, -0.25) is 4.99 Å². The monoisotopic (exact) mass is 422 g/mol. The van der Waals surface area contributed by atoms with Crippen LogP contribution in [0.4, 0.5) is 13.2 Å². The van der Waals surface area contributed by atoms with Gasteiger partial charge >= 0.3 is 6.18 Å². The van der Waals surface area contributed by atoms with Crippen molar-refractivity contribution in [3.8, 4) is 5.69 Å². The Bertz CT molecular complexity index is 1000. The molecule has 28 heavy (non-hydrogen) atoms. The van der Waals surface area contributed by atoms with Gasteiger partial charge in [-0.2, -0.15) is 13.2 Å². The van der Waals surface area contributed by atoms with Crippen LogP contribution in [-0.4, -0.2) is 23.0 Å². The molecule has 0 spiro atoms. The quantitative estimate of drug-likeness (QED) is 0.459. The average Bonchev–Trinajstić information content (AvgIpc) is 3.31. The molecule has 2 heterocycles. The van der Waals surface area contributed by atoms with Crippen molar-refractivity contribution < 1.29 is 13.2 Å². The van der Waals surface area contributed by atoms with Gasteiger partial charge in [-0.1, -0.05) is 35.3 Å². The van der Waals surface area contributed by atoms with E-state index >= 15 is 0 Å². The normalized spacial score (nSPS) is 19.7. The Hall–Kier alpha value is -2.24. The highest BCUT2D eigenvalue weighted by atomic mass is 35.5. The van der Waals surface area contributed by atoms with Crippen molar-refractivity contribution in [2.45, 2.75) is 18.0 Å². The largest absolute Gasteiger partial charge is 0.400 e. The third-order valence-corrected chi connectivity index (χ3v) is 5.51. The summed E-state index contributed by atoms with van der Waals surface area (Å²) in [5, 5.41) is 0.353. The lowest BCUT2D eigenvalue weighted by atomic mass is 9.76. The zero-order chi connectivity index (χ0) is 19.9. The molecule has 3 aromatic rings. The van der Waals surface area contributed by atoms with Crippen LogP contribution >= 0.6 is 23.2 Å². The van der Waals surface area contributed by atoms with Gasteiger partial charge in [0, 0.05) is 40.3 Å². The summed E-state index contributed by atoms with van der Waals surface area (Å²) in [6.45, 7) is -0.387. The van der Waals surface area contributed by atoms with Gasteiger partial charge in [0.2, 0.25) is 0 Å². The second-order valence-corrected chi connectivity index (χ2v) is 7.69. The van der Waals surface area contributed by atoms with Crippen LogP contribution in [-0.2, 0) is 5.41 Å². The fraction of sp³-hybridized carbons (Fsp3) is 0.190. The lowest BCUT2D eigenvalue weighted by molar-refractivity contribution is -0.183. The minimum atomic E-state index is -4.49. The molecule has 0 amide bonds. The molecule has 2 nitrogen and oxygen atoms in total. The summed E-state index contributed by atoms with van der Waals surface area (Å²) >= 11 is 11.9. The maximum Gasteiger partial charge on any atom is 0.400 e. The molecule has 2 aromatic carbocycles. The minimum Gasteiger partial charge on any atom is -0.324 e. The zero-order valence-electron chi connectivity index (χ0n) is 14.5. The number of benzene rings is 2. The summed E-state index contributed by atoms with van der Waals surface area (Å²) in [5.74, 6) is 0. The highest BCUT2D eigenvalue weighted by Gasteiger charge is 2.58. The van der Waals surface area contributed by atoms with Crippen molar-refractivity contribution in [3.05, 3.63) is 88.2 Å². The molecule has 0 bridgehead atoms. The first-order valence-corrected chi connectivity index (χ1v) is 9.34. The summed E-state index contributed by atoms with van der Waals surface area (Å²) in [7, 11) is 0. The number of halogens is 5. The summed E-state index contributed by atoms with van der Waals surface area (Å²) in [6, 6.07) is 15.2. The van der Waals surface area contributed by atoms with Crippen LogP contribution in [0.1, 0.15) is 17.5 Å². The Labute approximate surface area is 170 Å². The van der Waals surface area contributed by atoms with Crippen LogP contribution in [0.2, 0.25) is 10.0 Å². The van der Waals surface area contributed by atoms with Gasteiger partial charge in [0.25, 0.3) is 0 Å². The molecule has 0 N–H and O–H groups in total. The average molecular weight is 423 g/mol. The molecule has 1 atom stereocenters. The van der Waals surface area contributed by atoms with Gasteiger partial charge in [-0.15, -0.1) is 0 Å². The molecule has 7 heteroatoms. The third-order valence-electron chi connectivity index (χ3n) is 5.07. The number of alkyl halides is 3. The van der Waals surface area contributed by atoms with Gasteiger partial charge in [0.15, 0.2) is 0 Å². The number of hydrogen-bond acceptors (Lipinski definition) is 1. The molecule has 1 aromatic heterocycles. The fourth-order valence-corrected chi connectivity index (χ4v) is 4.06. The van der Waals surface area contributed by atoms with Crippen molar-refractivity contribution in [2.24, 2.45) is 4.99 Å². The first kappa shape index (κ1) is 19.1. The third kappa shape index (κ3) is 3.33. The number of nitrogens with zero attached hydrogens (tertiary/aromatic N) is 2. The summed E-state index contributed by atoms with van der Waals surface area (Å²) in [5.41, 5.74) is -0.0606. The Morgan fingerprint density at radius 2 is 1.54 bits per heavy atom. The number of aromatic nitrogens is 1. The van der Waals surface area contributed by atoms with E-state index in [9.17, 15) is 13.2 Å². The molecule has 4 rings (SSSR count). The molecule has 144 valence electrons. The van der Waals surface area contributed by atoms with Crippen molar-refractivity contribution in [1.82, 2.24) is 4.57 Å². The van der Waals surface area contributed by atoms with Gasteiger partial charge < -0.3 is 4.57 Å². The molecule has 0 aliphatic carbocycles. The second-order valence-electron chi connectivity index (χ2n) is 6.81. The van der Waals surface area contributed by atoms with Crippen molar-refractivity contribution in [2.75, 3.05) is 6.54 Å². The maximum absolute atomic E-state index is 14.1. The van der Waals surface area contributed by atoms with Crippen LogP contribution in [0.5, 0.6) is 0 Å². The van der Waals surface area contributed by atoms with E-state index < -0.39 is 11.6 Å². The lowest BCUT2D eigenvalue weighted by Crippen LogP contribution is -2.43. The van der Waals surface area contributed by atoms with Gasteiger partial charge in [-0.05, 0) is 53.6 Å². The molecule has 0 radical (unpaired) electrons. The first-order valence-electron chi connectivity index (χ1n) is 8.59. The molecular formula is C21H15Cl2F3N2. The molecule has 0 saturated heterocycles. The second kappa shape index (κ2) is 6.98. The molecule has 0 fully saturated rings. The van der Waals surface area contributed by atoms with E-state index in [0.717, 1.165) is 5.69 Å². The predicted molar refractivity (Wildman–Crippen MR) is 106 cm³/mol. The number of aliphatic imine (C=N–C) groups is 1. The Kier molecular flexibility index (Phi) is 4.76. The van der Waals surface area contributed by atoms with E-state index in [1.165, 1.54) is 18.2 Å². The molecule has 1 unspecified atom stereocenters. The van der Waals surface area contributed by atoms with E-state index in [1.807, 2.05) is 41.2 Å². The van der Waals surface area contributed by atoms with Gasteiger partial charge in [0.1, 0.15) is 5.41 Å². The van der Waals surface area contributed by atoms with E-state index in [0.29, 0.717) is 11.3 Å². The number of hydrogen-bond donors (Lipinski definition) is 0. The predicted octanol–water partition coefficient (Wildman–Crippen LogP) is 6.48. The summed E-state index contributed by atoms with van der Waals surface area (Å²) < 4.78 is 44.3. The van der Waals surface area contributed by atoms with Gasteiger partial charge in [-0.25, -0.2) is 0 Å².